The van der Waals surface area contributed by atoms with E-state index in [1.807, 2.05) is 6.07 Å². The molecule has 0 aliphatic rings. The van der Waals surface area contributed by atoms with Crippen LogP contribution < -0.4 is 0 Å². The molecule has 0 bridgehead atoms. The summed E-state index contributed by atoms with van der Waals surface area (Å²) >= 11 is 5.73. The van der Waals surface area contributed by atoms with Gasteiger partial charge >= 0.3 is 0 Å². The molecule has 0 atom stereocenters. The first-order valence-corrected chi connectivity index (χ1v) is 3.74. The summed E-state index contributed by atoms with van der Waals surface area (Å²) in [6, 6.07) is 6.73. The molecule has 1 rings (SSSR count). The number of halogens is 1. The van der Waals surface area contributed by atoms with Crippen molar-refractivity contribution in [1.29, 1.82) is 5.26 Å². The number of nitrogens with zero attached hydrogens (tertiary/aromatic N) is 1. The first-order chi connectivity index (χ1) is 5.66. The topological polar surface area (TPSA) is 40.9 Å². The van der Waals surface area contributed by atoms with Crippen molar-refractivity contribution in [2.24, 2.45) is 0 Å². The van der Waals surface area contributed by atoms with Crippen molar-refractivity contribution in [2.75, 3.05) is 0 Å². The van der Waals surface area contributed by atoms with Crippen LogP contribution in [0.4, 0.5) is 0 Å². The lowest BCUT2D eigenvalue weighted by atomic mass is 10.1. The van der Waals surface area contributed by atoms with Crippen LogP contribution in [0.5, 0.6) is 0 Å². The van der Waals surface area contributed by atoms with E-state index in [0.29, 0.717) is 16.1 Å². The molecule has 0 unspecified atom stereocenters. The van der Waals surface area contributed by atoms with Gasteiger partial charge in [-0.2, -0.15) is 5.26 Å². The number of benzene rings is 1. The highest BCUT2D eigenvalue weighted by Gasteiger charge is 2.10. The third kappa shape index (κ3) is 1.46. The molecule has 0 aliphatic carbocycles. The predicted octanol–water partition coefficient (Wildman–Crippen LogP) is 2.41. The van der Waals surface area contributed by atoms with Gasteiger partial charge < -0.3 is 0 Å². The summed E-state index contributed by atoms with van der Waals surface area (Å²) in [5.41, 5.74) is 0.636. The van der Waals surface area contributed by atoms with Crippen LogP contribution in [-0.2, 0) is 0 Å². The van der Waals surface area contributed by atoms with Crippen LogP contribution in [0.2, 0.25) is 5.02 Å². The summed E-state index contributed by atoms with van der Waals surface area (Å²) in [5, 5.41) is 8.97. The predicted molar refractivity (Wildman–Crippen MR) is 46.2 cm³/mol. The molecule has 3 heteroatoms. The number of ketones is 1. The molecule has 12 heavy (non-hydrogen) atoms. The molecule has 0 radical (unpaired) electrons. The van der Waals surface area contributed by atoms with Gasteiger partial charge in [-0.05, 0) is 19.1 Å². The molecule has 0 heterocycles. The van der Waals surface area contributed by atoms with E-state index < -0.39 is 0 Å². The van der Waals surface area contributed by atoms with Crippen LogP contribution in [0.3, 0.4) is 0 Å². The summed E-state index contributed by atoms with van der Waals surface area (Å²) in [5.74, 6) is -0.183. The maximum atomic E-state index is 11.0. The van der Waals surface area contributed by atoms with Crippen LogP contribution in [0.1, 0.15) is 22.8 Å². The third-order valence-electron chi connectivity index (χ3n) is 1.49. The van der Waals surface area contributed by atoms with Crippen LogP contribution >= 0.6 is 11.6 Å². The monoisotopic (exact) mass is 179 g/mol. The van der Waals surface area contributed by atoms with Gasteiger partial charge in [0.15, 0.2) is 5.78 Å². The van der Waals surface area contributed by atoms with Gasteiger partial charge in [0, 0.05) is 0 Å². The quantitative estimate of drug-likeness (QED) is 0.622. The second kappa shape index (κ2) is 3.38. The molecule has 0 amide bonds. The number of hydrogen-bond acceptors (Lipinski definition) is 2. The molecule has 0 N–H and O–H groups in total. The zero-order valence-electron chi connectivity index (χ0n) is 6.47. The fourth-order valence-corrected chi connectivity index (χ4v) is 1.28. The number of hydrogen-bond donors (Lipinski definition) is 0. The highest BCUT2D eigenvalue weighted by atomic mass is 35.5. The Morgan fingerprint density at radius 1 is 1.58 bits per heavy atom. The highest BCUT2D eigenvalue weighted by Crippen LogP contribution is 2.19. The standard InChI is InChI=1S/C9H6ClNO/c1-6(12)9-7(5-11)3-2-4-8(9)10/h2-4H,1H3. The normalized spacial score (nSPS) is 9.08. The molecule has 2 nitrogen and oxygen atoms in total. The molecule has 1 aromatic rings. The second-order valence-corrected chi connectivity index (χ2v) is 2.74. The van der Waals surface area contributed by atoms with Crippen LogP contribution in [-0.4, -0.2) is 5.78 Å². The summed E-state index contributed by atoms with van der Waals surface area (Å²) in [7, 11) is 0. The Morgan fingerprint density at radius 3 is 2.67 bits per heavy atom. The van der Waals surface area contributed by atoms with E-state index in [9.17, 15) is 4.79 Å². The van der Waals surface area contributed by atoms with E-state index in [1.54, 1.807) is 18.2 Å². The van der Waals surface area contributed by atoms with Crippen molar-refractivity contribution in [2.45, 2.75) is 6.92 Å². The van der Waals surface area contributed by atoms with E-state index in [4.69, 9.17) is 16.9 Å². The van der Waals surface area contributed by atoms with Crippen LogP contribution in [0, 0.1) is 11.3 Å². The van der Waals surface area contributed by atoms with Gasteiger partial charge in [0.05, 0.1) is 22.2 Å². The summed E-state index contributed by atoms with van der Waals surface area (Å²) < 4.78 is 0. The molecule has 60 valence electrons. The van der Waals surface area contributed by atoms with Crippen molar-refractivity contribution in [3.63, 3.8) is 0 Å². The van der Waals surface area contributed by atoms with E-state index in [1.165, 1.54) is 6.92 Å². The molecule has 0 spiro atoms. The lowest BCUT2D eigenvalue weighted by Gasteiger charge is -2.00. The molecular weight excluding hydrogens is 174 g/mol. The molecule has 0 saturated carbocycles. The van der Waals surface area contributed by atoms with Gasteiger partial charge in [0.25, 0.3) is 0 Å². The lowest BCUT2D eigenvalue weighted by molar-refractivity contribution is 0.101. The third-order valence-corrected chi connectivity index (χ3v) is 1.80. The van der Waals surface area contributed by atoms with Crippen molar-refractivity contribution in [3.05, 3.63) is 34.3 Å². The van der Waals surface area contributed by atoms with E-state index in [-0.39, 0.29) is 5.78 Å². The minimum Gasteiger partial charge on any atom is -0.294 e. The summed E-state index contributed by atoms with van der Waals surface area (Å²) in [6.07, 6.45) is 0. The average Bonchev–Trinajstić information content (AvgIpc) is 2.03. The summed E-state index contributed by atoms with van der Waals surface area (Å²) in [6.45, 7) is 1.39. The Balaban J connectivity index is 3.42. The van der Waals surface area contributed by atoms with Crippen molar-refractivity contribution in [3.8, 4) is 6.07 Å². The van der Waals surface area contributed by atoms with Crippen molar-refractivity contribution < 1.29 is 4.79 Å². The maximum Gasteiger partial charge on any atom is 0.162 e. The van der Waals surface area contributed by atoms with Gasteiger partial charge in [-0.25, -0.2) is 0 Å². The highest BCUT2D eigenvalue weighted by molar-refractivity contribution is 6.34. The number of nitriles is 1. The average molecular weight is 180 g/mol. The van der Waals surface area contributed by atoms with E-state index >= 15 is 0 Å². The molecule has 0 aromatic heterocycles. The van der Waals surface area contributed by atoms with Crippen molar-refractivity contribution in [1.82, 2.24) is 0 Å². The fourth-order valence-electron chi connectivity index (χ4n) is 0.975. The SMILES string of the molecule is CC(=O)c1c(Cl)cccc1C#N. The zero-order valence-corrected chi connectivity index (χ0v) is 7.22. The number of Topliss-reactive ketones (excluding diaryl/α,β-unsaturated/α-hetero) is 1. The minimum atomic E-state index is -0.183. The Bertz CT molecular complexity index is 365. The molecular formula is C9H6ClNO. The lowest BCUT2D eigenvalue weighted by Crippen LogP contribution is -1.97. The first kappa shape index (κ1) is 8.76. The number of rotatable bonds is 1. The van der Waals surface area contributed by atoms with Crippen molar-refractivity contribution >= 4 is 17.4 Å². The minimum absolute atomic E-state index is 0.183. The van der Waals surface area contributed by atoms with Gasteiger partial charge in [-0.15, -0.1) is 0 Å². The largest absolute Gasteiger partial charge is 0.294 e. The van der Waals surface area contributed by atoms with Gasteiger partial charge in [-0.3, -0.25) is 4.79 Å². The van der Waals surface area contributed by atoms with Crippen LogP contribution in [0.25, 0.3) is 0 Å². The second-order valence-electron chi connectivity index (χ2n) is 2.33. The van der Waals surface area contributed by atoms with Gasteiger partial charge in [-0.1, -0.05) is 17.7 Å². The number of carbonyl (C=O) groups excluding carboxylic acids is 1. The molecule has 0 fully saturated rings. The van der Waals surface area contributed by atoms with Gasteiger partial charge in [0.1, 0.15) is 0 Å². The molecule has 0 aliphatic heterocycles. The fraction of sp³-hybridized carbons (Fsp3) is 0.111. The van der Waals surface area contributed by atoms with Crippen LogP contribution in [0.15, 0.2) is 18.2 Å². The Hall–Kier alpha value is -1.33. The first-order valence-electron chi connectivity index (χ1n) is 3.36. The Morgan fingerprint density at radius 2 is 2.25 bits per heavy atom. The summed E-state index contributed by atoms with van der Waals surface area (Å²) in [4.78, 5) is 11.0. The Labute approximate surface area is 75.4 Å². The molecule has 1 aromatic carbocycles. The van der Waals surface area contributed by atoms with E-state index in [2.05, 4.69) is 0 Å². The van der Waals surface area contributed by atoms with Gasteiger partial charge in [0.2, 0.25) is 0 Å². The molecule has 0 saturated heterocycles. The number of carbonyl (C=O) groups is 1. The smallest absolute Gasteiger partial charge is 0.162 e. The maximum absolute atomic E-state index is 11.0. The zero-order chi connectivity index (χ0) is 9.14. The Kier molecular flexibility index (Phi) is 2.47. The van der Waals surface area contributed by atoms with E-state index in [0.717, 1.165) is 0 Å².